The second-order valence-electron chi connectivity index (χ2n) is 5.73. The fourth-order valence-electron chi connectivity index (χ4n) is 2.43. The number of thiocarbonyl (C=S) groups is 1. The van der Waals surface area contributed by atoms with E-state index in [2.05, 4.69) is 15.5 Å². The van der Waals surface area contributed by atoms with Crippen LogP contribution in [-0.4, -0.2) is 41.4 Å². The number of rotatable bonds is 6. The molecular weight excluding hydrogens is 364 g/mol. The first kappa shape index (κ1) is 18.7. The Morgan fingerprint density at radius 2 is 1.93 bits per heavy atom. The number of para-hydroxylation sites is 1. The summed E-state index contributed by atoms with van der Waals surface area (Å²) in [7, 11) is 5.04. The highest BCUT2D eigenvalue weighted by Gasteiger charge is 2.16. The van der Waals surface area contributed by atoms with E-state index in [-0.39, 0.29) is 0 Å². The normalized spacial score (nSPS) is 10.3. The molecule has 0 aliphatic heterocycles. The van der Waals surface area contributed by atoms with Gasteiger partial charge >= 0.3 is 0 Å². The SMILES string of the molecule is COc1ccc(-c2noc(CN(C)C(=S)Nc3ccccc3)n2)c(OC)c1. The minimum atomic E-state index is 0.379. The third-order valence-corrected chi connectivity index (χ3v) is 4.28. The van der Waals surface area contributed by atoms with Crippen LogP contribution in [0.5, 0.6) is 11.5 Å². The lowest BCUT2D eigenvalue weighted by Gasteiger charge is -2.19. The van der Waals surface area contributed by atoms with Crippen LogP contribution in [0.3, 0.4) is 0 Å². The lowest BCUT2D eigenvalue weighted by Crippen LogP contribution is -2.30. The van der Waals surface area contributed by atoms with Crippen LogP contribution in [0.4, 0.5) is 5.69 Å². The number of methoxy groups -OCH3 is 2. The number of hydrogen-bond acceptors (Lipinski definition) is 6. The standard InChI is InChI=1S/C19H20N4O3S/c1-23(19(27)20-13-7-5-4-6-8-13)12-17-21-18(22-26-17)15-10-9-14(24-2)11-16(15)25-3/h4-11H,12H2,1-3H3,(H,20,27). The summed E-state index contributed by atoms with van der Waals surface area (Å²) in [4.78, 5) is 6.27. The third-order valence-electron chi connectivity index (χ3n) is 3.86. The molecule has 1 aromatic heterocycles. The first-order valence-electron chi connectivity index (χ1n) is 8.23. The van der Waals surface area contributed by atoms with Crippen molar-refractivity contribution in [1.82, 2.24) is 15.0 Å². The van der Waals surface area contributed by atoms with Crippen LogP contribution in [0.2, 0.25) is 0 Å². The molecule has 0 spiro atoms. The van der Waals surface area contributed by atoms with Crippen molar-refractivity contribution in [3.63, 3.8) is 0 Å². The van der Waals surface area contributed by atoms with Crippen molar-refractivity contribution in [2.75, 3.05) is 26.6 Å². The summed E-state index contributed by atoms with van der Waals surface area (Å²) in [6, 6.07) is 15.1. The molecule has 0 aliphatic carbocycles. The van der Waals surface area contributed by atoms with E-state index in [1.54, 1.807) is 20.3 Å². The third kappa shape index (κ3) is 4.53. The second kappa shape index (κ2) is 8.50. The molecule has 1 heterocycles. The largest absolute Gasteiger partial charge is 0.497 e. The maximum atomic E-state index is 5.42. The van der Waals surface area contributed by atoms with Gasteiger partial charge in [-0.3, -0.25) is 0 Å². The van der Waals surface area contributed by atoms with Gasteiger partial charge in [-0.1, -0.05) is 23.4 Å². The highest BCUT2D eigenvalue weighted by Crippen LogP contribution is 2.31. The van der Waals surface area contributed by atoms with Gasteiger partial charge in [-0.15, -0.1) is 0 Å². The summed E-state index contributed by atoms with van der Waals surface area (Å²) >= 11 is 5.42. The van der Waals surface area contributed by atoms with Gasteiger partial charge in [0.25, 0.3) is 0 Å². The summed E-state index contributed by atoms with van der Waals surface area (Å²) in [6.45, 7) is 0.379. The van der Waals surface area contributed by atoms with Crippen LogP contribution in [0.15, 0.2) is 53.1 Å². The number of benzene rings is 2. The molecule has 0 aliphatic rings. The Balaban J connectivity index is 1.70. The average molecular weight is 384 g/mol. The lowest BCUT2D eigenvalue weighted by molar-refractivity contribution is 0.336. The molecule has 0 bridgehead atoms. The molecule has 0 unspecified atom stereocenters. The van der Waals surface area contributed by atoms with Crippen LogP contribution >= 0.6 is 12.2 Å². The molecule has 2 aromatic carbocycles. The molecule has 140 valence electrons. The predicted molar refractivity (Wildman–Crippen MR) is 107 cm³/mol. The van der Waals surface area contributed by atoms with E-state index in [1.807, 2.05) is 54.4 Å². The van der Waals surface area contributed by atoms with Gasteiger partial charge in [0.15, 0.2) is 5.11 Å². The number of nitrogens with one attached hydrogen (secondary N) is 1. The number of aromatic nitrogens is 2. The van der Waals surface area contributed by atoms with Gasteiger partial charge in [-0.25, -0.2) is 0 Å². The Labute approximate surface area is 162 Å². The van der Waals surface area contributed by atoms with Gasteiger partial charge in [-0.2, -0.15) is 4.98 Å². The fraction of sp³-hybridized carbons (Fsp3) is 0.211. The molecule has 3 aromatic rings. The molecule has 27 heavy (non-hydrogen) atoms. The molecule has 8 heteroatoms. The first-order valence-corrected chi connectivity index (χ1v) is 8.63. The van der Waals surface area contributed by atoms with E-state index in [0.29, 0.717) is 34.9 Å². The minimum absolute atomic E-state index is 0.379. The number of hydrogen-bond donors (Lipinski definition) is 1. The summed E-state index contributed by atoms with van der Waals surface area (Å²) in [5.74, 6) is 2.19. The van der Waals surface area contributed by atoms with Gasteiger partial charge < -0.3 is 24.2 Å². The zero-order chi connectivity index (χ0) is 19.2. The molecule has 0 atom stereocenters. The fourth-order valence-corrected chi connectivity index (χ4v) is 2.61. The number of anilines is 1. The van der Waals surface area contributed by atoms with Crippen LogP contribution in [-0.2, 0) is 6.54 Å². The van der Waals surface area contributed by atoms with Crippen molar-refractivity contribution in [2.24, 2.45) is 0 Å². The Morgan fingerprint density at radius 1 is 1.15 bits per heavy atom. The first-order chi connectivity index (χ1) is 13.1. The van der Waals surface area contributed by atoms with Crippen molar-refractivity contribution < 1.29 is 14.0 Å². The Morgan fingerprint density at radius 3 is 2.63 bits per heavy atom. The summed E-state index contributed by atoms with van der Waals surface area (Å²) in [5, 5.41) is 7.77. The summed E-state index contributed by atoms with van der Waals surface area (Å²) in [5.41, 5.74) is 1.64. The van der Waals surface area contributed by atoms with Crippen molar-refractivity contribution in [2.45, 2.75) is 6.54 Å². The van der Waals surface area contributed by atoms with Crippen LogP contribution in [0.1, 0.15) is 5.89 Å². The Hall–Kier alpha value is -3.13. The van der Waals surface area contributed by atoms with E-state index in [4.69, 9.17) is 26.2 Å². The van der Waals surface area contributed by atoms with Gasteiger partial charge in [0, 0.05) is 18.8 Å². The van der Waals surface area contributed by atoms with Crippen LogP contribution < -0.4 is 14.8 Å². The smallest absolute Gasteiger partial charge is 0.246 e. The molecule has 0 radical (unpaired) electrons. The average Bonchev–Trinajstić information content (AvgIpc) is 3.16. The number of ether oxygens (including phenoxy) is 2. The van der Waals surface area contributed by atoms with Crippen LogP contribution in [0.25, 0.3) is 11.4 Å². The van der Waals surface area contributed by atoms with E-state index in [1.165, 1.54) is 0 Å². The van der Waals surface area contributed by atoms with E-state index in [9.17, 15) is 0 Å². The van der Waals surface area contributed by atoms with Crippen molar-refractivity contribution in [3.8, 4) is 22.9 Å². The van der Waals surface area contributed by atoms with Gasteiger partial charge in [-0.05, 0) is 36.5 Å². The molecule has 3 rings (SSSR count). The molecule has 7 nitrogen and oxygen atoms in total. The maximum absolute atomic E-state index is 5.42. The second-order valence-corrected chi connectivity index (χ2v) is 6.12. The molecular formula is C19H20N4O3S. The van der Waals surface area contributed by atoms with Crippen molar-refractivity contribution >= 4 is 23.0 Å². The molecule has 0 fully saturated rings. The van der Waals surface area contributed by atoms with Crippen molar-refractivity contribution in [1.29, 1.82) is 0 Å². The molecule has 0 saturated heterocycles. The zero-order valence-corrected chi connectivity index (χ0v) is 16.1. The van der Waals surface area contributed by atoms with Gasteiger partial charge in [0.2, 0.25) is 11.7 Å². The number of nitrogens with zero attached hydrogens (tertiary/aromatic N) is 3. The molecule has 1 N–H and O–H groups in total. The Bertz CT molecular complexity index is 914. The topological polar surface area (TPSA) is 72.7 Å². The summed E-state index contributed by atoms with van der Waals surface area (Å²) < 4.78 is 16.0. The van der Waals surface area contributed by atoms with E-state index >= 15 is 0 Å². The van der Waals surface area contributed by atoms with Crippen LogP contribution in [0, 0.1) is 0 Å². The summed E-state index contributed by atoms with van der Waals surface area (Å²) in [6.07, 6.45) is 0. The van der Waals surface area contributed by atoms with Crippen molar-refractivity contribution in [3.05, 3.63) is 54.4 Å². The van der Waals surface area contributed by atoms with Gasteiger partial charge in [0.1, 0.15) is 11.5 Å². The minimum Gasteiger partial charge on any atom is -0.497 e. The predicted octanol–water partition coefficient (Wildman–Crippen LogP) is 3.58. The molecule has 0 amide bonds. The van der Waals surface area contributed by atoms with Gasteiger partial charge in [0.05, 0.1) is 26.3 Å². The molecule has 0 saturated carbocycles. The Kier molecular flexibility index (Phi) is 5.87. The maximum Gasteiger partial charge on any atom is 0.246 e. The quantitative estimate of drug-likeness (QED) is 0.647. The monoisotopic (exact) mass is 384 g/mol. The van der Waals surface area contributed by atoms with E-state index in [0.717, 1.165) is 11.3 Å². The highest BCUT2D eigenvalue weighted by molar-refractivity contribution is 7.80. The zero-order valence-electron chi connectivity index (χ0n) is 15.3. The van der Waals surface area contributed by atoms with E-state index < -0.39 is 0 Å². The lowest BCUT2D eigenvalue weighted by atomic mass is 10.2. The highest BCUT2D eigenvalue weighted by atomic mass is 32.1.